The second-order valence-electron chi connectivity index (χ2n) is 4.70. The minimum Gasteiger partial charge on any atom is -0.332 e. The number of carbonyl (C=O) groups excluding carboxylic acids is 1. The van der Waals surface area contributed by atoms with Gasteiger partial charge in [-0.2, -0.15) is 13.2 Å². The maximum atomic E-state index is 12.9. The lowest BCUT2D eigenvalue weighted by Crippen LogP contribution is -2.54. The van der Waals surface area contributed by atoms with Crippen LogP contribution in [0.5, 0.6) is 0 Å². The van der Waals surface area contributed by atoms with E-state index in [0.29, 0.717) is 18.5 Å². The predicted molar refractivity (Wildman–Crippen MR) is 69.7 cm³/mol. The van der Waals surface area contributed by atoms with Gasteiger partial charge >= 0.3 is 12.2 Å². The first-order valence-corrected chi connectivity index (χ1v) is 6.84. The lowest BCUT2D eigenvalue weighted by molar-refractivity contribution is -0.182. The van der Waals surface area contributed by atoms with Crippen molar-refractivity contribution in [2.24, 2.45) is 0 Å². The maximum Gasteiger partial charge on any atom is 0.408 e. The van der Waals surface area contributed by atoms with Gasteiger partial charge in [-0.15, -0.1) is 0 Å². The summed E-state index contributed by atoms with van der Waals surface area (Å²) < 4.78 is 38.7. The molecule has 1 aromatic rings. The van der Waals surface area contributed by atoms with Gasteiger partial charge in [0.1, 0.15) is 6.04 Å². The lowest BCUT2D eigenvalue weighted by atomic mass is 10.0. The fourth-order valence-electron chi connectivity index (χ4n) is 2.24. The third-order valence-electron chi connectivity index (χ3n) is 3.27. The second kappa shape index (κ2) is 6.46. The van der Waals surface area contributed by atoms with Crippen molar-refractivity contribution in [2.45, 2.75) is 38.0 Å². The number of rotatable bonds is 2. The van der Waals surface area contributed by atoms with Gasteiger partial charge in [0.05, 0.1) is 12.2 Å². The zero-order chi connectivity index (χ0) is 15.5. The van der Waals surface area contributed by atoms with Crippen LogP contribution in [0.4, 0.5) is 18.0 Å². The molecule has 0 radical (unpaired) electrons. The van der Waals surface area contributed by atoms with Gasteiger partial charge in [0.2, 0.25) is 0 Å². The molecule has 1 aliphatic rings. The minimum atomic E-state index is -4.41. The van der Waals surface area contributed by atoms with Gasteiger partial charge in [-0.05, 0) is 19.3 Å². The SMILES string of the molecule is O=C(NCc1nccnc1Cl)N1CCCCC1C(F)(F)F. The molecule has 1 aliphatic heterocycles. The van der Waals surface area contributed by atoms with Crippen LogP contribution in [0, 0.1) is 0 Å². The molecule has 21 heavy (non-hydrogen) atoms. The van der Waals surface area contributed by atoms with Crippen molar-refractivity contribution in [3.8, 4) is 0 Å². The number of hydrogen-bond donors (Lipinski definition) is 1. The van der Waals surface area contributed by atoms with E-state index in [0.717, 1.165) is 4.90 Å². The fourth-order valence-corrected chi connectivity index (χ4v) is 2.42. The smallest absolute Gasteiger partial charge is 0.332 e. The van der Waals surface area contributed by atoms with Crippen LogP contribution in [0.2, 0.25) is 5.15 Å². The van der Waals surface area contributed by atoms with Crippen molar-refractivity contribution in [1.82, 2.24) is 20.2 Å². The number of nitrogens with one attached hydrogen (secondary N) is 1. The third-order valence-corrected chi connectivity index (χ3v) is 3.59. The molecule has 1 unspecified atom stereocenters. The molecule has 0 saturated carbocycles. The summed E-state index contributed by atoms with van der Waals surface area (Å²) in [6.07, 6.45) is -0.675. The quantitative estimate of drug-likeness (QED) is 0.911. The van der Waals surface area contributed by atoms with E-state index in [1.807, 2.05) is 0 Å². The average Bonchev–Trinajstić information content (AvgIpc) is 2.45. The van der Waals surface area contributed by atoms with Gasteiger partial charge < -0.3 is 10.2 Å². The molecule has 9 heteroatoms. The number of likely N-dealkylation sites (tertiary alicyclic amines) is 1. The van der Waals surface area contributed by atoms with Crippen LogP contribution in [0.3, 0.4) is 0 Å². The van der Waals surface area contributed by atoms with Crippen LogP contribution >= 0.6 is 11.6 Å². The van der Waals surface area contributed by atoms with E-state index in [9.17, 15) is 18.0 Å². The van der Waals surface area contributed by atoms with Crippen molar-refractivity contribution >= 4 is 17.6 Å². The Morgan fingerprint density at radius 1 is 1.38 bits per heavy atom. The first-order valence-electron chi connectivity index (χ1n) is 6.46. The molecule has 5 nitrogen and oxygen atoms in total. The maximum absolute atomic E-state index is 12.9. The lowest BCUT2D eigenvalue weighted by Gasteiger charge is -2.36. The molecular formula is C12H14ClF3N4O. The minimum absolute atomic E-state index is 0.0629. The molecule has 0 aliphatic carbocycles. The van der Waals surface area contributed by atoms with Crippen LogP contribution in [-0.4, -0.2) is 39.7 Å². The highest BCUT2D eigenvalue weighted by Crippen LogP contribution is 2.31. The number of alkyl halides is 3. The van der Waals surface area contributed by atoms with E-state index < -0.39 is 18.2 Å². The Hall–Kier alpha value is -1.57. The van der Waals surface area contributed by atoms with Crippen molar-refractivity contribution in [2.75, 3.05) is 6.54 Å². The van der Waals surface area contributed by atoms with Gasteiger partial charge in [-0.25, -0.2) is 9.78 Å². The van der Waals surface area contributed by atoms with Crippen LogP contribution in [0.15, 0.2) is 12.4 Å². The number of amides is 2. The number of nitrogens with zero attached hydrogens (tertiary/aromatic N) is 3. The van der Waals surface area contributed by atoms with E-state index in [1.165, 1.54) is 12.4 Å². The molecule has 2 rings (SSSR count). The largest absolute Gasteiger partial charge is 0.408 e. The van der Waals surface area contributed by atoms with Crippen molar-refractivity contribution < 1.29 is 18.0 Å². The standard InChI is InChI=1S/C12H14ClF3N4O/c13-10-8(17-4-5-18-10)7-19-11(21)20-6-2-1-3-9(20)12(14,15)16/h4-5,9H,1-3,6-7H2,(H,19,21). The normalized spacial score (nSPS) is 19.4. The molecule has 0 bridgehead atoms. The van der Waals surface area contributed by atoms with Gasteiger partial charge in [0, 0.05) is 18.9 Å². The van der Waals surface area contributed by atoms with Gasteiger partial charge in [0.15, 0.2) is 5.15 Å². The molecule has 1 fully saturated rings. The van der Waals surface area contributed by atoms with E-state index in [1.54, 1.807) is 0 Å². The topological polar surface area (TPSA) is 58.1 Å². The molecule has 1 atom stereocenters. The van der Waals surface area contributed by atoms with E-state index >= 15 is 0 Å². The number of aromatic nitrogens is 2. The Bertz CT molecular complexity index is 512. The van der Waals surface area contributed by atoms with Gasteiger partial charge in [-0.1, -0.05) is 11.6 Å². The molecular weight excluding hydrogens is 309 g/mol. The Labute approximate surface area is 124 Å². The van der Waals surface area contributed by atoms with Crippen LogP contribution in [0.1, 0.15) is 25.0 Å². The highest BCUT2D eigenvalue weighted by Gasteiger charge is 2.46. The number of hydrogen-bond acceptors (Lipinski definition) is 3. The molecule has 1 aromatic heterocycles. The summed E-state index contributed by atoms with van der Waals surface area (Å²) in [6.45, 7) is 0.0246. The first kappa shape index (κ1) is 15.8. The fraction of sp³-hybridized carbons (Fsp3) is 0.583. The van der Waals surface area contributed by atoms with Crippen molar-refractivity contribution in [3.05, 3.63) is 23.2 Å². The number of urea groups is 1. The van der Waals surface area contributed by atoms with Gasteiger partial charge in [0.25, 0.3) is 0 Å². The van der Waals surface area contributed by atoms with E-state index in [-0.39, 0.29) is 24.7 Å². The van der Waals surface area contributed by atoms with Crippen LogP contribution in [0.25, 0.3) is 0 Å². The monoisotopic (exact) mass is 322 g/mol. The highest BCUT2D eigenvalue weighted by molar-refractivity contribution is 6.29. The molecule has 0 aromatic carbocycles. The summed E-state index contributed by atoms with van der Waals surface area (Å²) in [7, 11) is 0. The number of halogens is 4. The summed E-state index contributed by atoms with van der Waals surface area (Å²) in [4.78, 5) is 20.5. The highest BCUT2D eigenvalue weighted by atomic mass is 35.5. The zero-order valence-corrected chi connectivity index (χ0v) is 11.8. The first-order chi connectivity index (χ1) is 9.89. The molecule has 116 valence electrons. The molecule has 2 amide bonds. The summed E-state index contributed by atoms with van der Waals surface area (Å²) in [6, 6.07) is -2.50. The summed E-state index contributed by atoms with van der Waals surface area (Å²) >= 11 is 5.78. The summed E-state index contributed by atoms with van der Waals surface area (Å²) in [5, 5.41) is 2.53. The second-order valence-corrected chi connectivity index (χ2v) is 5.06. The molecule has 1 saturated heterocycles. The van der Waals surface area contributed by atoms with E-state index in [2.05, 4.69) is 15.3 Å². The number of piperidine rings is 1. The summed E-state index contributed by atoms with van der Waals surface area (Å²) in [5.41, 5.74) is 0.313. The predicted octanol–water partition coefficient (Wildman–Crippen LogP) is 2.76. The van der Waals surface area contributed by atoms with Crippen molar-refractivity contribution in [1.29, 1.82) is 0 Å². The zero-order valence-electron chi connectivity index (χ0n) is 11.0. The Balaban J connectivity index is 2.00. The van der Waals surface area contributed by atoms with Crippen LogP contribution in [-0.2, 0) is 6.54 Å². The molecule has 1 N–H and O–H groups in total. The van der Waals surface area contributed by atoms with Crippen LogP contribution < -0.4 is 5.32 Å². The Kier molecular flexibility index (Phi) is 4.87. The van der Waals surface area contributed by atoms with Gasteiger partial charge in [-0.3, -0.25) is 4.98 Å². The van der Waals surface area contributed by atoms with Crippen molar-refractivity contribution in [3.63, 3.8) is 0 Å². The Morgan fingerprint density at radius 2 is 2.10 bits per heavy atom. The molecule has 2 heterocycles. The Morgan fingerprint density at radius 3 is 2.76 bits per heavy atom. The summed E-state index contributed by atoms with van der Waals surface area (Å²) in [5.74, 6) is 0. The number of carbonyl (C=O) groups is 1. The van der Waals surface area contributed by atoms with E-state index in [4.69, 9.17) is 11.6 Å². The molecule has 0 spiro atoms. The third kappa shape index (κ3) is 3.96. The average molecular weight is 323 g/mol.